The number of hydrogen-bond acceptors (Lipinski definition) is 3. The highest BCUT2D eigenvalue weighted by Crippen LogP contribution is 2.33. The monoisotopic (exact) mass is 294 g/mol. The van der Waals surface area contributed by atoms with Crippen LogP contribution in [0.4, 0.5) is 0 Å². The summed E-state index contributed by atoms with van der Waals surface area (Å²) in [6.07, 6.45) is 6.37. The van der Waals surface area contributed by atoms with Crippen LogP contribution in [0.5, 0.6) is 0 Å². The fourth-order valence-electron chi connectivity index (χ4n) is 3.16. The molecule has 1 aliphatic carbocycles. The molecule has 0 spiro atoms. The van der Waals surface area contributed by atoms with Crippen LogP contribution in [0.25, 0.3) is 0 Å². The average Bonchev–Trinajstić information content (AvgIpc) is 2.45. The quantitative estimate of drug-likeness (QED) is 0.928. The zero-order valence-electron chi connectivity index (χ0n) is 11.7. The molecule has 1 saturated heterocycles. The first-order valence-corrected chi connectivity index (χ1v) is 8.87. The van der Waals surface area contributed by atoms with Crippen molar-refractivity contribution in [2.75, 3.05) is 13.1 Å². The summed E-state index contributed by atoms with van der Waals surface area (Å²) >= 11 is 0. The lowest BCUT2D eigenvalue weighted by atomic mass is 9.84. The molecule has 3 rings (SSSR count). The van der Waals surface area contributed by atoms with E-state index in [0.29, 0.717) is 23.9 Å². The highest BCUT2D eigenvalue weighted by molar-refractivity contribution is 7.89. The Morgan fingerprint density at radius 2 is 1.60 bits per heavy atom. The topological polar surface area (TPSA) is 63.4 Å². The molecule has 1 aromatic rings. The van der Waals surface area contributed by atoms with Gasteiger partial charge in [-0.3, -0.25) is 0 Å². The second kappa shape index (κ2) is 5.47. The van der Waals surface area contributed by atoms with Gasteiger partial charge in [0.25, 0.3) is 0 Å². The van der Waals surface area contributed by atoms with Gasteiger partial charge in [-0.2, -0.15) is 4.31 Å². The molecule has 0 radical (unpaired) electrons. The van der Waals surface area contributed by atoms with Gasteiger partial charge >= 0.3 is 0 Å². The molecule has 0 unspecified atom stereocenters. The van der Waals surface area contributed by atoms with Crippen molar-refractivity contribution in [2.24, 2.45) is 5.73 Å². The summed E-state index contributed by atoms with van der Waals surface area (Å²) in [6, 6.07) is 7.48. The van der Waals surface area contributed by atoms with E-state index in [4.69, 9.17) is 5.73 Å². The molecule has 5 heteroatoms. The van der Waals surface area contributed by atoms with Crippen molar-refractivity contribution in [3.8, 4) is 0 Å². The van der Waals surface area contributed by atoms with Gasteiger partial charge in [0.05, 0.1) is 4.90 Å². The van der Waals surface area contributed by atoms with Gasteiger partial charge in [0, 0.05) is 19.1 Å². The number of rotatable bonds is 3. The van der Waals surface area contributed by atoms with Crippen molar-refractivity contribution in [1.82, 2.24) is 4.31 Å². The molecular weight excluding hydrogens is 272 g/mol. The van der Waals surface area contributed by atoms with E-state index >= 15 is 0 Å². The van der Waals surface area contributed by atoms with Crippen molar-refractivity contribution in [1.29, 1.82) is 0 Å². The normalized spacial score (nSPS) is 22.6. The van der Waals surface area contributed by atoms with Crippen molar-refractivity contribution < 1.29 is 8.42 Å². The Balaban J connectivity index is 1.75. The van der Waals surface area contributed by atoms with Gasteiger partial charge in [-0.25, -0.2) is 8.42 Å². The van der Waals surface area contributed by atoms with Crippen molar-refractivity contribution >= 4 is 10.0 Å². The Hall–Kier alpha value is -0.910. The van der Waals surface area contributed by atoms with Crippen LogP contribution in [0, 0.1) is 0 Å². The van der Waals surface area contributed by atoms with E-state index in [9.17, 15) is 8.42 Å². The van der Waals surface area contributed by atoms with Crippen LogP contribution in [0.15, 0.2) is 29.2 Å². The van der Waals surface area contributed by atoms with E-state index in [1.807, 2.05) is 12.1 Å². The SMILES string of the molecule is NC1CN(S(=O)(=O)c2ccc(C3CCCCC3)cc2)C1. The van der Waals surface area contributed by atoms with Crippen LogP contribution in [0.1, 0.15) is 43.6 Å². The van der Waals surface area contributed by atoms with Gasteiger partial charge in [0.1, 0.15) is 0 Å². The number of hydrogen-bond donors (Lipinski definition) is 1. The average molecular weight is 294 g/mol. The van der Waals surface area contributed by atoms with Gasteiger partial charge < -0.3 is 5.73 Å². The second-order valence-electron chi connectivity index (χ2n) is 5.99. The summed E-state index contributed by atoms with van der Waals surface area (Å²) in [6.45, 7) is 0.874. The van der Waals surface area contributed by atoms with E-state index in [-0.39, 0.29) is 6.04 Å². The molecule has 2 fully saturated rings. The predicted molar refractivity (Wildman–Crippen MR) is 79.0 cm³/mol. The Bertz CT molecular complexity index is 556. The molecule has 0 atom stereocenters. The van der Waals surface area contributed by atoms with Crippen LogP contribution in [0.3, 0.4) is 0 Å². The van der Waals surface area contributed by atoms with Gasteiger partial charge in [-0.15, -0.1) is 0 Å². The molecule has 4 nitrogen and oxygen atoms in total. The molecule has 20 heavy (non-hydrogen) atoms. The molecule has 2 aliphatic rings. The maximum absolute atomic E-state index is 12.3. The summed E-state index contributed by atoms with van der Waals surface area (Å²) in [7, 11) is -3.33. The lowest BCUT2D eigenvalue weighted by Crippen LogP contribution is -2.57. The summed E-state index contributed by atoms with van der Waals surface area (Å²) in [5.74, 6) is 0.609. The number of nitrogens with two attached hydrogens (primary N) is 1. The van der Waals surface area contributed by atoms with Crippen molar-refractivity contribution in [2.45, 2.75) is 49.0 Å². The number of sulfonamides is 1. The first-order valence-electron chi connectivity index (χ1n) is 7.43. The van der Waals surface area contributed by atoms with Gasteiger partial charge in [-0.05, 0) is 36.5 Å². The smallest absolute Gasteiger partial charge is 0.243 e. The molecule has 1 saturated carbocycles. The third kappa shape index (κ3) is 2.62. The fourth-order valence-corrected chi connectivity index (χ4v) is 4.72. The number of benzene rings is 1. The van der Waals surface area contributed by atoms with Crippen molar-refractivity contribution in [3.05, 3.63) is 29.8 Å². The van der Waals surface area contributed by atoms with Gasteiger partial charge in [-0.1, -0.05) is 31.4 Å². The predicted octanol–water partition coefficient (Wildman–Crippen LogP) is 2.07. The molecular formula is C15H22N2O2S. The zero-order valence-corrected chi connectivity index (χ0v) is 12.5. The minimum absolute atomic E-state index is 0.00807. The van der Waals surface area contributed by atoms with E-state index in [0.717, 1.165) is 0 Å². The first-order chi connectivity index (χ1) is 9.57. The molecule has 1 heterocycles. The van der Waals surface area contributed by atoms with Crippen LogP contribution in [0.2, 0.25) is 0 Å². The minimum Gasteiger partial charge on any atom is -0.325 e. The summed E-state index contributed by atoms with van der Waals surface area (Å²) in [5, 5.41) is 0. The van der Waals surface area contributed by atoms with Crippen LogP contribution in [-0.4, -0.2) is 31.9 Å². The Morgan fingerprint density at radius 3 is 2.15 bits per heavy atom. The van der Waals surface area contributed by atoms with E-state index in [1.54, 1.807) is 12.1 Å². The molecule has 110 valence electrons. The van der Waals surface area contributed by atoms with Gasteiger partial charge in [0.2, 0.25) is 10.0 Å². The fraction of sp³-hybridized carbons (Fsp3) is 0.600. The van der Waals surface area contributed by atoms with Crippen LogP contribution in [-0.2, 0) is 10.0 Å². The van der Waals surface area contributed by atoms with E-state index in [2.05, 4.69) is 0 Å². The largest absolute Gasteiger partial charge is 0.325 e. The maximum atomic E-state index is 12.3. The molecule has 0 aromatic heterocycles. The third-order valence-electron chi connectivity index (χ3n) is 4.47. The molecule has 1 aromatic carbocycles. The standard InChI is InChI=1S/C15H22N2O2S/c16-14-10-17(11-14)20(18,19)15-8-6-13(7-9-15)12-4-2-1-3-5-12/h6-9,12,14H,1-5,10-11,16H2. The lowest BCUT2D eigenvalue weighted by Gasteiger charge is -2.35. The molecule has 1 aliphatic heterocycles. The maximum Gasteiger partial charge on any atom is 0.243 e. The summed E-state index contributed by atoms with van der Waals surface area (Å²) < 4.78 is 26.1. The number of nitrogens with zero attached hydrogens (tertiary/aromatic N) is 1. The highest BCUT2D eigenvalue weighted by atomic mass is 32.2. The Morgan fingerprint density at radius 1 is 1.00 bits per heavy atom. The van der Waals surface area contributed by atoms with Gasteiger partial charge in [0.15, 0.2) is 0 Å². The summed E-state index contributed by atoms with van der Waals surface area (Å²) in [5.41, 5.74) is 6.94. The van der Waals surface area contributed by atoms with E-state index in [1.165, 1.54) is 42.0 Å². The Kier molecular flexibility index (Phi) is 3.84. The first kappa shape index (κ1) is 14.0. The second-order valence-corrected chi connectivity index (χ2v) is 7.92. The Labute approximate surface area is 121 Å². The van der Waals surface area contributed by atoms with Crippen molar-refractivity contribution in [3.63, 3.8) is 0 Å². The highest BCUT2D eigenvalue weighted by Gasteiger charge is 2.34. The lowest BCUT2D eigenvalue weighted by molar-refractivity contribution is 0.265. The van der Waals surface area contributed by atoms with Crippen LogP contribution < -0.4 is 5.73 Å². The van der Waals surface area contributed by atoms with Crippen LogP contribution >= 0.6 is 0 Å². The molecule has 0 amide bonds. The third-order valence-corrected chi connectivity index (χ3v) is 6.32. The molecule has 0 bridgehead atoms. The zero-order chi connectivity index (χ0) is 14.2. The summed E-state index contributed by atoms with van der Waals surface area (Å²) in [4.78, 5) is 0.393. The van der Waals surface area contributed by atoms with E-state index < -0.39 is 10.0 Å². The molecule has 2 N–H and O–H groups in total. The minimum atomic E-state index is -3.33.